The molecule has 1 N–H and O–H groups in total. The van der Waals surface area contributed by atoms with Gasteiger partial charge in [0.15, 0.2) is 12.4 Å². The number of rotatable bonds is 8. The standard InChI is InChI=1S/C19H19Cl2NO3/c1-13(23)22-10-2-3-14-4-6-15(7-5-14)18(24)12-25-19-11-16(20)8-9-17(19)21/h4-9,11H,2-3,10,12H2,1H3,(H,22,23). The van der Waals surface area contributed by atoms with E-state index in [2.05, 4.69) is 5.32 Å². The monoisotopic (exact) mass is 379 g/mol. The molecule has 0 aromatic heterocycles. The smallest absolute Gasteiger partial charge is 0.216 e. The van der Waals surface area contributed by atoms with E-state index in [0.29, 0.717) is 27.9 Å². The van der Waals surface area contributed by atoms with Crippen molar-refractivity contribution in [1.82, 2.24) is 5.32 Å². The lowest BCUT2D eigenvalue weighted by molar-refractivity contribution is -0.118. The lowest BCUT2D eigenvalue weighted by Crippen LogP contribution is -2.21. The minimum Gasteiger partial charge on any atom is -0.484 e. The van der Waals surface area contributed by atoms with Gasteiger partial charge in [0.1, 0.15) is 5.75 Å². The molecule has 2 rings (SSSR count). The molecule has 0 fully saturated rings. The van der Waals surface area contributed by atoms with Crippen LogP contribution in [0.4, 0.5) is 0 Å². The summed E-state index contributed by atoms with van der Waals surface area (Å²) in [5.74, 6) is 0.221. The Kier molecular flexibility index (Phi) is 7.29. The second-order valence-electron chi connectivity index (χ2n) is 5.57. The number of amides is 1. The van der Waals surface area contributed by atoms with Crippen molar-refractivity contribution in [2.24, 2.45) is 0 Å². The SMILES string of the molecule is CC(=O)NCCCc1ccc(C(=O)COc2cc(Cl)ccc2Cl)cc1. The number of ether oxygens (including phenoxy) is 1. The van der Waals surface area contributed by atoms with E-state index >= 15 is 0 Å². The zero-order valence-electron chi connectivity index (χ0n) is 13.9. The maximum atomic E-state index is 12.2. The fourth-order valence-electron chi connectivity index (χ4n) is 2.23. The van der Waals surface area contributed by atoms with Crippen molar-refractivity contribution in [1.29, 1.82) is 0 Å². The quantitative estimate of drug-likeness (QED) is 0.548. The van der Waals surface area contributed by atoms with Crippen LogP contribution in [0.1, 0.15) is 29.3 Å². The normalized spacial score (nSPS) is 10.4. The van der Waals surface area contributed by atoms with E-state index in [1.54, 1.807) is 30.3 Å². The van der Waals surface area contributed by atoms with Gasteiger partial charge in [-0.2, -0.15) is 0 Å². The van der Waals surface area contributed by atoms with Crippen LogP contribution in [0.25, 0.3) is 0 Å². The van der Waals surface area contributed by atoms with E-state index in [1.807, 2.05) is 12.1 Å². The molecule has 1 amide bonds. The summed E-state index contributed by atoms with van der Waals surface area (Å²) in [5.41, 5.74) is 1.68. The molecule has 0 radical (unpaired) electrons. The Bertz CT molecular complexity index is 745. The molecule has 2 aromatic rings. The van der Waals surface area contributed by atoms with Gasteiger partial charge in [-0.3, -0.25) is 9.59 Å². The van der Waals surface area contributed by atoms with Gasteiger partial charge in [0, 0.05) is 30.1 Å². The fraction of sp³-hybridized carbons (Fsp3) is 0.263. The third-order valence-electron chi connectivity index (χ3n) is 3.54. The third kappa shape index (κ3) is 6.40. The Labute approximate surface area is 157 Å². The average Bonchev–Trinajstić information content (AvgIpc) is 2.59. The van der Waals surface area contributed by atoms with Gasteiger partial charge in [-0.1, -0.05) is 47.5 Å². The number of ketones is 1. The van der Waals surface area contributed by atoms with Crippen molar-refractivity contribution in [2.45, 2.75) is 19.8 Å². The van der Waals surface area contributed by atoms with Gasteiger partial charge >= 0.3 is 0 Å². The number of carbonyl (C=O) groups is 2. The molecule has 0 bridgehead atoms. The number of Topliss-reactive ketones (excluding diaryl/α,β-unsaturated/α-hetero) is 1. The number of carbonyl (C=O) groups excluding carboxylic acids is 2. The van der Waals surface area contributed by atoms with Crippen LogP contribution in [-0.4, -0.2) is 24.8 Å². The highest BCUT2D eigenvalue weighted by Crippen LogP contribution is 2.27. The van der Waals surface area contributed by atoms with E-state index < -0.39 is 0 Å². The van der Waals surface area contributed by atoms with Crippen LogP contribution in [0.2, 0.25) is 10.0 Å². The highest BCUT2D eigenvalue weighted by molar-refractivity contribution is 6.34. The molecular formula is C19H19Cl2NO3. The Morgan fingerprint density at radius 3 is 2.48 bits per heavy atom. The zero-order chi connectivity index (χ0) is 18.2. The molecule has 2 aromatic carbocycles. The molecule has 0 aliphatic rings. The first kappa shape index (κ1) is 19.3. The van der Waals surface area contributed by atoms with Crippen molar-refractivity contribution in [3.8, 4) is 5.75 Å². The second kappa shape index (κ2) is 9.44. The zero-order valence-corrected chi connectivity index (χ0v) is 15.4. The van der Waals surface area contributed by atoms with E-state index in [9.17, 15) is 9.59 Å². The maximum Gasteiger partial charge on any atom is 0.216 e. The Morgan fingerprint density at radius 2 is 1.80 bits per heavy atom. The Balaban J connectivity index is 1.85. The first-order chi connectivity index (χ1) is 12.0. The number of hydrogen-bond donors (Lipinski definition) is 1. The van der Waals surface area contributed by atoms with Crippen LogP contribution >= 0.6 is 23.2 Å². The predicted molar refractivity (Wildman–Crippen MR) is 99.7 cm³/mol. The minimum atomic E-state index is -0.138. The highest BCUT2D eigenvalue weighted by Gasteiger charge is 2.09. The highest BCUT2D eigenvalue weighted by atomic mass is 35.5. The lowest BCUT2D eigenvalue weighted by atomic mass is 10.1. The summed E-state index contributed by atoms with van der Waals surface area (Å²) in [5, 5.41) is 3.66. The molecule has 0 aliphatic heterocycles. The number of benzene rings is 2. The number of aryl methyl sites for hydroxylation is 1. The van der Waals surface area contributed by atoms with Crippen molar-refractivity contribution in [3.63, 3.8) is 0 Å². The molecule has 0 saturated heterocycles. The van der Waals surface area contributed by atoms with Crippen LogP contribution in [0.3, 0.4) is 0 Å². The molecule has 0 atom stereocenters. The van der Waals surface area contributed by atoms with Gasteiger partial charge in [-0.25, -0.2) is 0 Å². The molecule has 0 unspecified atom stereocenters. The van der Waals surface area contributed by atoms with Gasteiger partial charge in [-0.15, -0.1) is 0 Å². The van der Waals surface area contributed by atoms with Crippen LogP contribution in [0, 0.1) is 0 Å². The van der Waals surface area contributed by atoms with Crippen LogP contribution in [0.5, 0.6) is 5.75 Å². The van der Waals surface area contributed by atoms with Crippen molar-refractivity contribution >= 4 is 34.9 Å². The molecule has 132 valence electrons. The van der Waals surface area contributed by atoms with Gasteiger partial charge < -0.3 is 10.1 Å². The van der Waals surface area contributed by atoms with Gasteiger partial charge in [-0.05, 0) is 30.5 Å². The summed E-state index contributed by atoms with van der Waals surface area (Å²) in [7, 11) is 0. The first-order valence-electron chi connectivity index (χ1n) is 7.90. The molecule has 0 saturated carbocycles. The maximum absolute atomic E-state index is 12.2. The molecule has 6 heteroatoms. The Hall–Kier alpha value is -2.04. The molecular weight excluding hydrogens is 361 g/mol. The Morgan fingerprint density at radius 1 is 1.08 bits per heavy atom. The topological polar surface area (TPSA) is 55.4 Å². The largest absolute Gasteiger partial charge is 0.484 e. The number of hydrogen-bond acceptors (Lipinski definition) is 3. The third-order valence-corrected chi connectivity index (χ3v) is 4.09. The first-order valence-corrected chi connectivity index (χ1v) is 8.66. The predicted octanol–water partition coefficient (Wildman–Crippen LogP) is 4.32. The summed E-state index contributed by atoms with van der Waals surface area (Å²) < 4.78 is 5.46. The van der Waals surface area contributed by atoms with E-state index in [4.69, 9.17) is 27.9 Å². The summed E-state index contributed by atoms with van der Waals surface area (Å²) in [6, 6.07) is 12.2. The molecule has 25 heavy (non-hydrogen) atoms. The van der Waals surface area contributed by atoms with Gasteiger partial charge in [0.2, 0.25) is 5.91 Å². The number of nitrogens with one attached hydrogen (secondary N) is 1. The van der Waals surface area contributed by atoms with Crippen LogP contribution in [0.15, 0.2) is 42.5 Å². The summed E-state index contributed by atoms with van der Waals surface area (Å²) >= 11 is 11.9. The minimum absolute atomic E-state index is 0.0271. The van der Waals surface area contributed by atoms with Crippen molar-refractivity contribution < 1.29 is 14.3 Å². The lowest BCUT2D eigenvalue weighted by Gasteiger charge is -2.08. The average molecular weight is 380 g/mol. The number of halogens is 2. The summed E-state index contributed by atoms with van der Waals surface area (Å²) in [6.45, 7) is 2.03. The summed E-state index contributed by atoms with van der Waals surface area (Å²) in [4.78, 5) is 23.0. The van der Waals surface area contributed by atoms with E-state index in [-0.39, 0.29) is 18.3 Å². The molecule has 0 spiro atoms. The van der Waals surface area contributed by atoms with E-state index in [1.165, 1.54) is 6.92 Å². The fourth-order valence-corrected chi connectivity index (χ4v) is 2.56. The van der Waals surface area contributed by atoms with E-state index in [0.717, 1.165) is 18.4 Å². The van der Waals surface area contributed by atoms with Gasteiger partial charge in [0.05, 0.1) is 5.02 Å². The van der Waals surface area contributed by atoms with Crippen LogP contribution < -0.4 is 10.1 Å². The summed E-state index contributed by atoms with van der Waals surface area (Å²) in [6.07, 6.45) is 1.69. The van der Waals surface area contributed by atoms with Crippen LogP contribution in [-0.2, 0) is 11.2 Å². The molecule has 4 nitrogen and oxygen atoms in total. The van der Waals surface area contributed by atoms with Gasteiger partial charge in [0.25, 0.3) is 0 Å². The second-order valence-corrected chi connectivity index (χ2v) is 6.41. The van der Waals surface area contributed by atoms with Crippen molar-refractivity contribution in [2.75, 3.05) is 13.2 Å². The van der Waals surface area contributed by atoms with Crippen molar-refractivity contribution in [3.05, 3.63) is 63.6 Å². The molecule has 0 heterocycles. The molecule has 0 aliphatic carbocycles.